The minimum absolute atomic E-state index is 0.194. The van der Waals surface area contributed by atoms with E-state index in [-0.39, 0.29) is 11.0 Å². The second kappa shape index (κ2) is 3.07. The largest absolute Gasteiger partial charge is 0.336 e. The summed E-state index contributed by atoms with van der Waals surface area (Å²) >= 11 is 0. The van der Waals surface area contributed by atoms with Crippen molar-refractivity contribution in [1.82, 2.24) is 19.5 Å². The van der Waals surface area contributed by atoms with Crippen molar-refractivity contribution in [2.75, 3.05) is 0 Å². The topological polar surface area (TPSA) is 83.5 Å². The lowest BCUT2D eigenvalue weighted by atomic mass is 9.96. The lowest BCUT2D eigenvalue weighted by molar-refractivity contribution is 0.554. The molecule has 2 rings (SSSR count). The third-order valence-electron chi connectivity index (χ3n) is 2.46. The quantitative estimate of drug-likeness (QED) is 0.670. The van der Waals surface area contributed by atoms with Gasteiger partial charge in [0.25, 0.3) is 5.56 Å². The van der Waals surface area contributed by atoms with Gasteiger partial charge in [0, 0.05) is 12.5 Å². The molecule has 0 spiro atoms. The van der Waals surface area contributed by atoms with Crippen molar-refractivity contribution >= 4 is 11.2 Å². The Morgan fingerprint density at radius 3 is 2.38 bits per heavy atom. The molecule has 0 amide bonds. The summed E-state index contributed by atoms with van der Waals surface area (Å²) in [6.07, 6.45) is 0. The van der Waals surface area contributed by atoms with Crippen LogP contribution in [-0.2, 0) is 12.5 Å². The number of H-pyrrole nitrogens is 2. The van der Waals surface area contributed by atoms with Crippen molar-refractivity contribution in [1.29, 1.82) is 0 Å². The highest BCUT2D eigenvalue weighted by Crippen LogP contribution is 2.19. The van der Waals surface area contributed by atoms with Crippen LogP contribution < -0.4 is 11.2 Å². The second-order valence-electron chi connectivity index (χ2n) is 4.85. The number of nitrogens with zero attached hydrogens (tertiary/aromatic N) is 2. The molecule has 2 N–H and O–H groups in total. The summed E-state index contributed by atoms with van der Waals surface area (Å²) in [6.45, 7) is 5.94. The van der Waals surface area contributed by atoms with Crippen molar-refractivity contribution < 1.29 is 0 Å². The molecule has 16 heavy (non-hydrogen) atoms. The van der Waals surface area contributed by atoms with Gasteiger partial charge < -0.3 is 4.98 Å². The number of nitrogens with one attached hydrogen (secondary N) is 2. The third-order valence-corrected chi connectivity index (χ3v) is 2.46. The molecule has 0 aliphatic carbocycles. The summed E-state index contributed by atoms with van der Waals surface area (Å²) in [5, 5.41) is 0. The van der Waals surface area contributed by atoms with E-state index in [0.29, 0.717) is 17.0 Å². The first-order valence-electron chi connectivity index (χ1n) is 5.00. The summed E-state index contributed by atoms with van der Waals surface area (Å²) in [5.41, 5.74) is -0.350. The molecule has 2 heterocycles. The lowest BCUT2D eigenvalue weighted by Gasteiger charge is -2.13. The summed E-state index contributed by atoms with van der Waals surface area (Å²) < 4.78 is 1.02. The van der Waals surface area contributed by atoms with E-state index in [1.807, 2.05) is 20.8 Å². The monoisotopic (exact) mass is 222 g/mol. The standard InChI is InChI=1S/C10H14N4O2/c1-10(2,3)8-11-5-6(12-8)13-9(16)14(4)7(5)15/h1-4H3,(H,11,12)(H,13,16). The highest BCUT2D eigenvalue weighted by molar-refractivity contribution is 5.69. The van der Waals surface area contributed by atoms with Gasteiger partial charge in [0.15, 0.2) is 5.65 Å². The Labute approximate surface area is 91.3 Å². The summed E-state index contributed by atoms with van der Waals surface area (Å²) in [7, 11) is 1.43. The predicted molar refractivity (Wildman–Crippen MR) is 60.7 cm³/mol. The number of aromatic nitrogens is 4. The summed E-state index contributed by atoms with van der Waals surface area (Å²) in [6, 6.07) is 0. The van der Waals surface area contributed by atoms with Crippen LogP contribution in [0.4, 0.5) is 0 Å². The normalized spacial score (nSPS) is 12.2. The van der Waals surface area contributed by atoms with Gasteiger partial charge >= 0.3 is 5.69 Å². The second-order valence-corrected chi connectivity index (χ2v) is 4.85. The van der Waals surface area contributed by atoms with Crippen molar-refractivity contribution in [2.24, 2.45) is 7.05 Å². The highest BCUT2D eigenvalue weighted by Gasteiger charge is 2.20. The number of fused-ring (bicyclic) bond motifs is 1. The highest BCUT2D eigenvalue weighted by atomic mass is 16.2. The fourth-order valence-corrected chi connectivity index (χ4v) is 1.42. The molecular weight excluding hydrogens is 208 g/mol. The number of hydrogen-bond acceptors (Lipinski definition) is 3. The van der Waals surface area contributed by atoms with Gasteiger partial charge in [0.05, 0.1) is 0 Å². The number of aromatic amines is 2. The van der Waals surface area contributed by atoms with E-state index in [9.17, 15) is 9.59 Å². The van der Waals surface area contributed by atoms with E-state index in [1.54, 1.807) is 0 Å². The maximum atomic E-state index is 11.8. The average Bonchev–Trinajstić information content (AvgIpc) is 2.57. The Bertz CT molecular complexity index is 654. The van der Waals surface area contributed by atoms with E-state index in [4.69, 9.17) is 0 Å². The maximum Gasteiger partial charge on any atom is 0.329 e. The van der Waals surface area contributed by atoms with Gasteiger partial charge in [-0.1, -0.05) is 20.8 Å². The van der Waals surface area contributed by atoms with Gasteiger partial charge in [-0.25, -0.2) is 9.78 Å². The molecule has 2 aromatic heterocycles. The van der Waals surface area contributed by atoms with Gasteiger partial charge in [-0.2, -0.15) is 0 Å². The minimum atomic E-state index is -0.454. The van der Waals surface area contributed by atoms with Crippen LogP contribution in [0.25, 0.3) is 11.2 Å². The zero-order chi connectivity index (χ0) is 12.1. The van der Waals surface area contributed by atoms with Crippen molar-refractivity contribution in [3.05, 3.63) is 26.7 Å². The molecule has 0 aliphatic rings. The molecule has 86 valence electrons. The van der Waals surface area contributed by atoms with Crippen LogP contribution in [0.1, 0.15) is 26.6 Å². The zero-order valence-corrected chi connectivity index (χ0v) is 9.71. The van der Waals surface area contributed by atoms with Crippen LogP contribution in [-0.4, -0.2) is 19.5 Å². The summed E-state index contributed by atoms with van der Waals surface area (Å²) in [5.74, 6) is 0.682. The predicted octanol–water partition coefficient (Wildman–Crippen LogP) is 0.247. The van der Waals surface area contributed by atoms with E-state index >= 15 is 0 Å². The van der Waals surface area contributed by atoms with E-state index in [2.05, 4.69) is 15.0 Å². The van der Waals surface area contributed by atoms with Gasteiger partial charge in [-0.15, -0.1) is 0 Å². The third kappa shape index (κ3) is 1.46. The van der Waals surface area contributed by atoms with Crippen molar-refractivity contribution in [3.8, 4) is 0 Å². The molecule has 0 saturated heterocycles. The van der Waals surface area contributed by atoms with Crippen LogP contribution in [0.3, 0.4) is 0 Å². The number of hydrogen-bond donors (Lipinski definition) is 2. The van der Waals surface area contributed by atoms with E-state index < -0.39 is 5.69 Å². The Kier molecular flexibility index (Phi) is 2.04. The van der Waals surface area contributed by atoms with E-state index in [1.165, 1.54) is 7.05 Å². The van der Waals surface area contributed by atoms with Crippen LogP contribution in [0, 0.1) is 0 Å². The van der Waals surface area contributed by atoms with Gasteiger partial charge in [0.1, 0.15) is 11.3 Å². The molecule has 0 atom stereocenters. The first kappa shape index (κ1) is 10.7. The number of rotatable bonds is 0. The fraction of sp³-hybridized carbons (Fsp3) is 0.500. The molecule has 0 saturated carbocycles. The van der Waals surface area contributed by atoms with Crippen LogP contribution in [0.5, 0.6) is 0 Å². The molecule has 0 bridgehead atoms. The molecule has 0 unspecified atom stereocenters. The first-order valence-corrected chi connectivity index (χ1v) is 5.00. The van der Waals surface area contributed by atoms with Crippen LogP contribution in [0.2, 0.25) is 0 Å². The fourth-order valence-electron chi connectivity index (χ4n) is 1.42. The van der Waals surface area contributed by atoms with E-state index in [0.717, 1.165) is 4.57 Å². The SMILES string of the molecule is Cn1c(=O)[nH]c2nc(C(C)(C)C)[nH]c2c1=O. The minimum Gasteiger partial charge on any atom is -0.336 e. The van der Waals surface area contributed by atoms with Gasteiger partial charge in [-0.3, -0.25) is 14.3 Å². The zero-order valence-electron chi connectivity index (χ0n) is 9.71. The smallest absolute Gasteiger partial charge is 0.329 e. The van der Waals surface area contributed by atoms with Gasteiger partial charge in [0.2, 0.25) is 0 Å². The Hall–Kier alpha value is -1.85. The number of imidazole rings is 1. The van der Waals surface area contributed by atoms with Gasteiger partial charge in [-0.05, 0) is 0 Å². The average molecular weight is 222 g/mol. The Balaban J connectivity index is 2.87. The molecule has 2 aromatic rings. The molecule has 0 fully saturated rings. The molecule has 0 aromatic carbocycles. The molecular formula is C10H14N4O2. The lowest BCUT2D eigenvalue weighted by Crippen LogP contribution is -2.32. The Morgan fingerprint density at radius 1 is 1.19 bits per heavy atom. The summed E-state index contributed by atoms with van der Waals surface area (Å²) in [4.78, 5) is 32.9. The molecule has 6 heteroatoms. The van der Waals surface area contributed by atoms with Crippen LogP contribution in [0.15, 0.2) is 9.59 Å². The first-order chi connectivity index (χ1) is 7.30. The van der Waals surface area contributed by atoms with Crippen molar-refractivity contribution in [3.63, 3.8) is 0 Å². The maximum absolute atomic E-state index is 11.8. The van der Waals surface area contributed by atoms with Crippen LogP contribution >= 0.6 is 0 Å². The molecule has 6 nitrogen and oxygen atoms in total. The van der Waals surface area contributed by atoms with Crippen molar-refractivity contribution in [2.45, 2.75) is 26.2 Å². The molecule has 0 aliphatic heterocycles. The Morgan fingerprint density at radius 2 is 1.81 bits per heavy atom. The molecule has 0 radical (unpaired) electrons.